The summed E-state index contributed by atoms with van der Waals surface area (Å²) in [6.07, 6.45) is 4.66. The van der Waals surface area contributed by atoms with E-state index >= 15 is 0 Å². The Kier molecular flexibility index (Phi) is 5.33. The number of nitrogens with zero attached hydrogens (tertiary/aromatic N) is 4. The summed E-state index contributed by atoms with van der Waals surface area (Å²) in [6.45, 7) is 0. The van der Waals surface area contributed by atoms with Crippen LogP contribution < -0.4 is 10.2 Å². The third-order valence-corrected chi connectivity index (χ3v) is 6.33. The Morgan fingerprint density at radius 1 is 1.07 bits per heavy atom. The molecule has 1 N–H and O–H groups in total. The average Bonchev–Trinajstić information content (AvgIpc) is 3.46. The second-order valence-electron chi connectivity index (χ2n) is 6.32. The maximum absolute atomic E-state index is 12.3. The monoisotopic (exact) mass is 455 g/mol. The first-order valence-corrected chi connectivity index (χ1v) is 10.4. The minimum absolute atomic E-state index is 0. The third kappa shape index (κ3) is 3.36. The van der Waals surface area contributed by atoms with Gasteiger partial charge in [-0.1, -0.05) is 6.07 Å². The van der Waals surface area contributed by atoms with E-state index in [0.29, 0.717) is 11.6 Å². The predicted molar refractivity (Wildman–Crippen MR) is 121 cm³/mol. The quantitative estimate of drug-likeness (QED) is 0.470. The normalized spacial score (nSPS) is 13.2. The largest absolute Gasteiger partial charge is 0.324 e. The van der Waals surface area contributed by atoms with E-state index in [1.807, 2.05) is 35.0 Å². The summed E-state index contributed by atoms with van der Waals surface area (Å²) in [5.41, 5.74) is 2.08. The van der Waals surface area contributed by atoms with Gasteiger partial charge < -0.3 is 4.90 Å². The van der Waals surface area contributed by atoms with E-state index in [0.717, 1.165) is 26.2 Å². The van der Waals surface area contributed by atoms with Crippen molar-refractivity contribution in [2.45, 2.75) is 0 Å². The molecule has 30 heavy (non-hydrogen) atoms. The van der Waals surface area contributed by atoms with Crippen LogP contribution in [-0.4, -0.2) is 33.8 Å². The Balaban J connectivity index is 0.00000218. The van der Waals surface area contributed by atoms with Crippen molar-refractivity contribution < 1.29 is 9.59 Å². The van der Waals surface area contributed by atoms with Gasteiger partial charge in [0.2, 0.25) is 0 Å². The van der Waals surface area contributed by atoms with Crippen LogP contribution in [0, 0.1) is 0 Å². The molecule has 0 saturated carbocycles. The number of carbonyl (C=O) groups excluding carboxylic acids is 2. The number of hydrogen-bond donors (Lipinski definition) is 1. The number of halogens is 1. The lowest BCUT2D eigenvalue weighted by Crippen LogP contribution is -2.29. The highest BCUT2D eigenvalue weighted by atomic mass is 35.5. The SMILES string of the molecule is CN(C1=CC(=O)NC1=O)c1nc(-c2ccncc2)nc2scc(-c3cccs3)c12.Cl. The minimum atomic E-state index is -0.442. The molecule has 0 unspecified atom stereocenters. The van der Waals surface area contributed by atoms with Crippen molar-refractivity contribution in [3.63, 3.8) is 0 Å². The summed E-state index contributed by atoms with van der Waals surface area (Å²) in [7, 11) is 1.73. The highest BCUT2D eigenvalue weighted by molar-refractivity contribution is 7.18. The first-order valence-electron chi connectivity index (χ1n) is 8.66. The van der Waals surface area contributed by atoms with E-state index in [1.54, 1.807) is 35.7 Å². The molecule has 0 atom stereocenters. The second-order valence-corrected chi connectivity index (χ2v) is 8.13. The molecule has 0 bridgehead atoms. The maximum Gasteiger partial charge on any atom is 0.274 e. The molecule has 0 saturated heterocycles. The molecule has 5 heterocycles. The van der Waals surface area contributed by atoms with E-state index < -0.39 is 11.8 Å². The first kappa shape index (κ1) is 20.1. The van der Waals surface area contributed by atoms with Gasteiger partial charge >= 0.3 is 0 Å². The Morgan fingerprint density at radius 2 is 1.87 bits per heavy atom. The third-order valence-electron chi connectivity index (χ3n) is 4.56. The van der Waals surface area contributed by atoms with Crippen LogP contribution in [-0.2, 0) is 9.59 Å². The lowest BCUT2D eigenvalue weighted by Gasteiger charge is -2.20. The van der Waals surface area contributed by atoms with Gasteiger partial charge in [-0.25, -0.2) is 9.97 Å². The van der Waals surface area contributed by atoms with Crippen molar-refractivity contribution in [3.8, 4) is 21.8 Å². The number of amides is 2. The number of aromatic nitrogens is 3. The molecular formula is C20H14ClN5O2S2. The number of nitrogens with one attached hydrogen (secondary N) is 1. The van der Waals surface area contributed by atoms with Crippen LogP contribution in [0.4, 0.5) is 5.82 Å². The zero-order valence-electron chi connectivity index (χ0n) is 15.5. The van der Waals surface area contributed by atoms with Crippen LogP contribution in [0.25, 0.3) is 32.0 Å². The van der Waals surface area contributed by atoms with Crippen LogP contribution in [0.3, 0.4) is 0 Å². The highest BCUT2D eigenvalue weighted by Crippen LogP contribution is 2.41. The number of thiophene rings is 2. The Labute approximate surface area is 185 Å². The van der Waals surface area contributed by atoms with Crippen LogP contribution >= 0.6 is 35.1 Å². The smallest absolute Gasteiger partial charge is 0.274 e. The fourth-order valence-corrected chi connectivity index (χ4v) is 4.93. The van der Waals surface area contributed by atoms with E-state index in [4.69, 9.17) is 9.97 Å². The summed E-state index contributed by atoms with van der Waals surface area (Å²) in [4.78, 5) is 41.1. The van der Waals surface area contributed by atoms with Gasteiger partial charge in [0.15, 0.2) is 5.82 Å². The topological polar surface area (TPSA) is 88.1 Å². The predicted octanol–water partition coefficient (Wildman–Crippen LogP) is 3.88. The minimum Gasteiger partial charge on any atom is -0.324 e. The van der Waals surface area contributed by atoms with E-state index in [-0.39, 0.29) is 18.1 Å². The number of fused-ring (bicyclic) bond motifs is 1. The van der Waals surface area contributed by atoms with Crippen molar-refractivity contribution in [3.05, 3.63) is 59.2 Å². The molecule has 4 aromatic heterocycles. The summed E-state index contributed by atoms with van der Waals surface area (Å²) in [6, 6.07) is 7.70. The van der Waals surface area contributed by atoms with Crippen molar-refractivity contribution in [1.29, 1.82) is 0 Å². The summed E-state index contributed by atoms with van der Waals surface area (Å²) in [5.74, 6) is 0.233. The van der Waals surface area contributed by atoms with Crippen LogP contribution in [0.15, 0.2) is 59.2 Å². The van der Waals surface area contributed by atoms with Crippen molar-refractivity contribution in [1.82, 2.24) is 20.3 Å². The fraction of sp³-hybridized carbons (Fsp3) is 0.0500. The number of pyridine rings is 1. The Morgan fingerprint density at radius 3 is 2.53 bits per heavy atom. The molecule has 0 aromatic carbocycles. The van der Waals surface area contributed by atoms with Gasteiger partial charge in [0.25, 0.3) is 11.8 Å². The lowest BCUT2D eigenvalue weighted by atomic mass is 10.1. The fourth-order valence-electron chi connectivity index (χ4n) is 3.17. The number of imide groups is 1. The molecule has 10 heteroatoms. The molecule has 0 radical (unpaired) electrons. The second kappa shape index (κ2) is 7.94. The highest BCUT2D eigenvalue weighted by Gasteiger charge is 2.28. The molecule has 2 amide bonds. The van der Waals surface area contributed by atoms with Crippen molar-refractivity contribution in [2.75, 3.05) is 11.9 Å². The van der Waals surface area contributed by atoms with Crippen LogP contribution in [0.2, 0.25) is 0 Å². The Bertz CT molecular complexity index is 1290. The van der Waals surface area contributed by atoms with Crippen LogP contribution in [0.5, 0.6) is 0 Å². The van der Waals surface area contributed by atoms with Gasteiger partial charge in [-0.05, 0) is 23.6 Å². The number of anilines is 1. The van der Waals surface area contributed by atoms with Gasteiger partial charge in [0.05, 0.1) is 5.39 Å². The molecular weight excluding hydrogens is 442 g/mol. The zero-order valence-corrected chi connectivity index (χ0v) is 18.0. The van der Waals surface area contributed by atoms with Gasteiger partial charge in [0, 0.05) is 46.9 Å². The summed E-state index contributed by atoms with van der Waals surface area (Å²) in [5, 5.41) is 7.20. The maximum atomic E-state index is 12.3. The molecule has 1 aliphatic rings. The number of carbonyl (C=O) groups is 2. The molecule has 5 rings (SSSR count). The van der Waals surface area contributed by atoms with E-state index in [1.165, 1.54) is 17.4 Å². The van der Waals surface area contributed by atoms with E-state index in [9.17, 15) is 9.59 Å². The Hall–Kier alpha value is -3.14. The zero-order chi connectivity index (χ0) is 20.0. The van der Waals surface area contributed by atoms with Gasteiger partial charge in [-0.3, -0.25) is 19.9 Å². The van der Waals surface area contributed by atoms with Gasteiger partial charge in [0.1, 0.15) is 16.3 Å². The standard InChI is InChI=1S/C20H13N5O2S2.ClH/c1-25(13-9-15(26)22-19(13)27)18-16-12(14-3-2-8-28-14)10-29-20(16)24-17(23-18)11-4-6-21-7-5-11;/h2-10H,1H3,(H,22,26,27);1H. The van der Waals surface area contributed by atoms with Crippen LogP contribution in [0.1, 0.15) is 0 Å². The molecule has 0 fully saturated rings. The van der Waals surface area contributed by atoms with Crippen molar-refractivity contribution in [2.24, 2.45) is 0 Å². The van der Waals surface area contributed by atoms with Gasteiger partial charge in [-0.15, -0.1) is 35.1 Å². The molecule has 0 aliphatic carbocycles. The number of likely N-dealkylation sites (N-methyl/N-ethyl adjacent to an activating group) is 1. The average molecular weight is 456 g/mol. The van der Waals surface area contributed by atoms with Gasteiger partial charge in [-0.2, -0.15) is 0 Å². The number of rotatable bonds is 4. The lowest BCUT2D eigenvalue weighted by molar-refractivity contribution is -0.123. The van der Waals surface area contributed by atoms with Crippen molar-refractivity contribution >= 4 is 62.9 Å². The first-order chi connectivity index (χ1) is 14.1. The molecule has 1 aliphatic heterocycles. The molecule has 4 aromatic rings. The number of hydrogen-bond acceptors (Lipinski definition) is 8. The summed E-state index contributed by atoms with van der Waals surface area (Å²) >= 11 is 3.15. The molecule has 7 nitrogen and oxygen atoms in total. The molecule has 150 valence electrons. The van der Waals surface area contributed by atoms with E-state index in [2.05, 4.69) is 10.3 Å². The molecule has 0 spiro atoms. The summed E-state index contributed by atoms with van der Waals surface area (Å²) < 4.78 is 0.